The Morgan fingerprint density at radius 2 is 2.25 bits per heavy atom. The maximum atomic E-state index is 8.69. The summed E-state index contributed by atoms with van der Waals surface area (Å²) in [7, 11) is 1.65. The molecule has 0 bridgehead atoms. The van der Waals surface area contributed by atoms with Crippen molar-refractivity contribution in [3.8, 4) is 11.8 Å². The van der Waals surface area contributed by atoms with Crippen LogP contribution in [0.2, 0.25) is 0 Å². The van der Waals surface area contributed by atoms with E-state index in [9.17, 15) is 0 Å². The number of nitriles is 1. The average Bonchev–Trinajstić information content (AvgIpc) is 2.31. The molecule has 0 aliphatic carbocycles. The fourth-order valence-electron chi connectivity index (χ4n) is 1.42. The van der Waals surface area contributed by atoms with Crippen molar-refractivity contribution in [3.63, 3.8) is 0 Å². The van der Waals surface area contributed by atoms with Crippen molar-refractivity contribution in [2.45, 2.75) is 13.5 Å². The standard InChI is InChI=1S/C12H15BrN2O/c1-3-15(7-6-14)9-10-8-11(16-2)4-5-12(10)13/h4-5,8H,3,7,9H2,1-2H3. The molecule has 16 heavy (non-hydrogen) atoms. The van der Waals surface area contributed by atoms with Crippen LogP contribution in [0.4, 0.5) is 0 Å². The normalized spacial score (nSPS) is 10.2. The molecule has 3 nitrogen and oxygen atoms in total. The molecule has 1 rings (SSSR count). The number of ether oxygens (including phenoxy) is 1. The summed E-state index contributed by atoms with van der Waals surface area (Å²) < 4.78 is 6.23. The maximum Gasteiger partial charge on any atom is 0.119 e. The third-order valence-electron chi connectivity index (χ3n) is 2.39. The zero-order valence-corrected chi connectivity index (χ0v) is 11.1. The smallest absolute Gasteiger partial charge is 0.119 e. The Kier molecular flexibility index (Phi) is 5.30. The highest BCUT2D eigenvalue weighted by Crippen LogP contribution is 2.23. The van der Waals surface area contributed by atoms with Crippen LogP contribution in [0.15, 0.2) is 22.7 Å². The minimum Gasteiger partial charge on any atom is -0.497 e. The SMILES string of the molecule is CCN(CC#N)Cc1cc(OC)ccc1Br. The monoisotopic (exact) mass is 282 g/mol. The van der Waals surface area contributed by atoms with Gasteiger partial charge in [0.15, 0.2) is 0 Å². The summed E-state index contributed by atoms with van der Waals surface area (Å²) in [5, 5.41) is 8.69. The summed E-state index contributed by atoms with van der Waals surface area (Å²) in [6.45, 7) is 4.10. The van der Waals surface area contributed by atoms with Gasteiger partial charge in [0.2, 0.25) is 0 Å². The lowest BCUT2D eigenvalue weighted by molar-refractivity contribution is 0.313. The van der Waals surface area contributed by atoms with E-state index in [4.69, 9.17) is 10.00 Å². The van der Waals surface area contributed by atoms with Crippen molar-refractivity contribution in [2.75, 3.05) is 20.2 Å². The Hall–Kier alpha value is -1.05. The lowest BCUT2D eigenvalue weighted by Crippen LogP contribution is -2.23. The van der Waals surface area contributed by atoms with E-state index < -0.39 is 0 Å². The molecule has 86 valence electrons. The molecule has 0 heterocycles. The van der Waals surface area contributed by atoms with Crippen LogP contribution in [0.25, 0.3) is 0 Å². The average molecular weight is 283 g/mol. The maximum absolute atomic E-state index is 8.69. The molecule has 0 aromatic heterocycles. The van der Waals surface area contributed by atoms with Crippen molar-refractivity contribution >= 4 is 15.9 Å². The van der Waals surface area contributed by atoms with Gasteiger partial charge in [-0.2, -0.15) is 5.26 Å². The van der Waals surface area contributed by atoms with Crippen LogP contribution in [-0.2, 0) is 6.54 Å². The van der Waals surface area contributed by atoms with Gasteiger partial charge in [0, 0.05) is 11.0 Å². The first-order valence-corrected chi connectivity index (χ1v) is 5.92. The Labute approximate surface area is 105 Å². The van der Waals surface area contributed by atoms with Gasteiger partial charge in [-0.05, 0) is 30.3 Å². The summed E-state index contributed by atoms with van der Waals surface area (Å²) in [5.74, 6) is 0.839. The number of benzene rings is 1. The molecule has 0 unspecified atom stereocenters. The molecule has 0 N–H and O–H groups in total. The molecule has 0 saturated heterocycles. The second-order valence-electron chi connectivity index (χ2n) is 3.42. The number of nitrogens with zero attached hydrogens (tertiary/aromatic N) is 2. The zero-order chi connectivity index (χ0) is 12.0. The van der Waals surface area contributed by atoms with Gasteiger partial charge in [0.25, 0.3) is 0 Å². The van der Waals surface area contributed by atoms with Gasteiger partial charge in [-0.15, -0.1) is 0 Å². The molecular weight excluding hydrogens is 268 g/mol. The van der Waals surface area contributed by atoms with E-state index in [1.807, 2.05) is 25.1 Å². The second kappa shape index (κ2) is 6.51. The Morgan fingerprint density at radius 1 is 1.50 bits per heavy atom. The van der Waals surface area contributed by atoms with Crippen molar-refractivity contribution < 1.29 is 4.74 Å². The highest BCUT2D eigenvalue weighted by molar-refractivity contribution is 9.10. The summed E-state index contributed by atoms with van der Waals surface area (Å²) in [5.41, 5.74) is 1.14. The molecule has 0 fully saturated rings. The molecule has 0 radical (unpaired) electrons. The Balaban J connectivity index is 2.82. The van der Waals surface area contributed by atoms with Crippen molar-refractivity contribution in [3.05, 3.63) is 28.2 Å². The van der Waals surface area contributed by atoms with Crippen LogP contribution >= 0.6 is 15.9 Å². The highest BCUT2D eigenvalue weighted by Gasteiger charge is 2.07. The first kappa shape index (κ1) is 13.0. The van der Waals surface area contributed by atoms with Crippen LogP contribution in [-0.4, -0.2) is 25.1 Å². The minimum atomic E-state index is 0.445. The van der Waals surface area contributed by atoms with Gasteiger partial charge >= 0.3 is 0 Å². The topological polar surface area (TPSA) is 36.3 Å². The third kappa shape index (κ3) is 3.51. The molecule has 0 amide bonds. The Bertz CT molecular complexity index is 387. The van der Waals surface area contributed by atoms with Gasteiger partial charge < -0.3 is 4.74 Å². The predicted molar refractivity (Wildman–Crippen MR) is 67.3 cm³/mol. The molecule has 0 saturated carbocycles. The molecule has 0 aliphatic rings. The first-order chi connectivity index (χ1) is 7.71. The van der Waals surface area contributed by atoms with E-state index in [1.165, 1.54) is 0 Å². The van der Waals surface area contributed by atoms with Crippen molar-refractivity contribution in [1.29, 1.82) is 5.26 Å². The fraction of sp³-hybridized carbons (Fsp3) is 0.417. The zero-order valence-electron chi connectivity index (χ0n) is 9.53. The molecule has 0 spiro atoms. The van der Waals surface area contributed by atoms with Crippen LogP contribution in [0.1, 0.15) is 12.5 Å². The summed E-state index contributed by atoms with van der Waals surface area (Å²) in [6, 6.07) is 8.03. The highest BCUT2D eigenvalue weighted by atomic mass is 79.9. The van der Waals surface area contributed by atoms with E-state index >= 15 is 0 Å². The lowest BCUT2D eigenvalue weighted by atomic mass is 10.2. The molecule has 0 atom stereocenters. The van der Waals surface area contributed by atoms with E-state index in [0.29, 0.717) is 6.54 Å². The largest absolute Gasteiger partial charge is 0.497 e. The van der Waals surface area contributed by atoms with Crippen molar-refractivity contribution in [1.82, 2.24) is 4.90 Å². The van der Waals surface area contributed by atoms with Crippen molar-refractivity contribution in [2.24, 2.45) is 0 Å². The van der Waals surface area contributed by atoms with E-state index in [2.05, 4.69) is 26.9 Å². The molecular formula is C12H15BrN2O. The van der Waals surface area contributed by atoms with Gasteiger partial charge in [-0.3, -0.25) is 4.90 Å². The summed E-state index contributed by atoms with van der Waals surface area (Å²) in [6.07, 6.45) is 0. The number of methoxy groups -OCH3 is 1. The van der Waals surface area contributed by atoms with E-state index in [1.54, 1.807) is 7.11 Å². The van der Waals surface area contributed by atoms with E-state index in [0.717, 1.165) is 28.9 Å². The first-order valence-electron chi connectivity index (χ1n) is 5.13. The number of rotatable bonds is 5. The van der Waals surface area contributed by atoms with Crippen LogP contribution in [0.3, 0.4) is 0 Å². The number of hydrogen-bond donors (Lipinski definition) is 0. The quantitative estimate of drug-likeness (QED) is 0.780. The number of hydrogen-bond acceptors (Lipinski definition) is 3. The molecule has 4 heteroatoms. The number of halogens is 1. The molecule has 1 aromatic rings. The van der Waals surface area contributed by atoms with Gasteiger partial charge in [0.05, 0.1) is 19.7 Å². The van der Waals surface area contributed by atoms with Crippen LogP contribution in [0.5, 0.6) is 5.75 Å². The van der Waals surface area contributed by atoms with Gasteiger partial charge in [-0.1, -0.05) is 22.9 Å². The molecule has 0 aliphatic heterocycles. The minimum absolute atomic E-state index is 0.445. The summed E-state index contributed by atoms with van der Waals surface area (Å²) in [4.78, 5) is 2.07. The predicted octanol–water partition coefficient (Wildman–Crippen LogP) is 2.80. The van der Waals surface area contributed by atoms with Gasteiger partial charge in [0.1, 0.15) is 5.75 Å². The van der Waals surface area contributed by atoms with Crippen LogP contribution < -0.4 is 4.74 Å². The van der Waals surface area contributed by atoms with Crippen LogP contribution in [0, 0.1) is 11.3 Å². The lowest BCUT2D eigenvalue weighted by Gasteiger charge is -2.18. The van der Waals surface area contributed by atoms with Gasteiger partial charge in [-0.25, -0.2) is 0 Å². The molecule has 1 aromatic carbocycles. The summed E-state index contributed by atoms with van der Waals surface area (Å²) >= 11 is 3.50. The fourth-order valence-corrected chi connectivity index (χ4v) is 1.79. The third-order valence-corrected chi connectivity index (χ3v) is 3.16. The Morgan fingerprint density at radius 3 is 2.81 bits per heavy atom. The second-order valence-corrected chi connectivity index (χ2v) is 4.27. The van der Waals surface area contributed by atoms with E-state index in [-0.39, 0.29) is 0 Å².